The first-order chi connectivity index (χ1) is 6.35. The zero-order chi connectivity index (χ0) is 10.8. The number of nitrogens with two attached hydrogens (primary N) is 1. The van der Waals surface area contributed by atoms with E-state index in [1.165, 1.54) is 0 Å². The van der Waals surface area contributed by atoms with Gasteiger partial charge in [0.05, 0.1) is 5.75 Å². The second-order valence-electron chi connectivity index (χ2n) is 3.59. The summed E-state index contributed by atoms with van der Waals surface area (Å²) in [6.07, 6.45) is -0.448. The van der Waals surface area contributed by atoms with Gasteiger partial charge in [-0.15, -0.1) is 0 Å². The third-order valence-electron chi connectivity index (χ3n) is 2.15. The molecule has 1 saturated carbocycles. The van der Waals surface area contributed by atoms with Gasteiger partial charge in [0.25, 0.3) is 0 Å². The highest BCUT2D eigenvalue weighted by Gasteiger charge is 2.45. The number of halogens is 2. The predicted octanol–water partition coefficient (Wildman–Crippen LogP) is -0.0902. The van der Waals surface area contributed by atoms with Gasteiger partial charge < -0.3 is 5.73 Å². The molecule has 0 unspecified atom stereocenters. The molecule has 4 nitrogen and oxygen atoms in total. The quantitative estimate of drug-likeness (QED) is 0.690. The zero-order valence-electron chi connectivity index (χ0n) is 7.67. The minimum atomic E-state index is -3.36. The van der Waals surface area contributed by atoms with Gasteiger partial charge in [-0.3, -0.25) is 0 Å². The number of alkyl halides is 2. The Kier molecular flexibility index (Phi) is 3.44. The van der Waals surface area contributed by atoms with Crippen LogP contribution >= 0.6 is 0 Å². The molecule has 3 N–H and O–H groups in total. The highest BCUT2D eigenvalue weighted by atomic mass is 32.2. The van der Waals surface area contributed by atoms with Crippen molar-refractivity contribution in [3.8, 4) is 0 Å². The number of rotatable bonds is 5. The molecule has 0 bridgehead atoms. The van der Waals surface area contributed by atoms with E-state index in [-0.39, 0.29) is 37.6 Å². The fourth-order valence-electron chi connectivity index (χ4n) is 1.40. The lowest BCUT2D eigenvalue weighted by molar-refractivity contribution is -0.108. The van der Waals surface area contributed by atoms with Gasteiger partial charge in [-0.05, 0) is 5.92 Å². The van der Waals surface area contributed by atoms with Crippen LogP contribution in [0.3, 0.4) is 0 Å². The topological polar surface area (TPSA) is 72.2 Å². The molecule has 0 amide bonds. The maximum Gasteiger partial charge on any atom is 0.248 e. The Labute approximate surface area is 81.9 Å². The van der Waals surface area contributed by atoms with Crippen LogP contribution in [0.4, 0.5) is 8.78 Å². The van der Waals surface area contributed by atoms with Crippen molar-refractivity contribution in [1.82, 2.24) is 4.72 Å². The van der Waals surface area contributed by atoms with E-state index in [0.717, 1.165) is 0 Å². The zero-order valence-corrected chi connectivity index (χ0v) is 8.49. The van der Waals surface area contributed by atoms with Crippen LogP contribution in [0.5, 0.6) is 0 Å². The minimum absolute atomic E-state index is 0.0379. The summed E-state index contributed by atoms with van der Waals surface area (Å²) in [4.78, 5) is 0. The van der Waals surface area contributed by atoms with Crippen molar-refractivity contribution in [2.24, 2.45) is 11.7 Å². The van der Waals surface area contributed by atoms with Crippen LogP contribution in [-0.2, 0) is 10.0 Å². The Morgan fingerprint density at radius 1 is 1.43 bits per heavy atom. The Morgan fingerprint density at radius 3 is 2.43 bits per heavy atom. The van der Waals surface area contributed by atoms with Gasteiger partial charge in [-0.1, -0.05) is 0 Å². The van der Waals surface area contributed by atoms with Crippen molar-refractivity contribution >= 4 is 10.0 Å². The summed E-state index contributed by atoms with van der Waals surface area (Å²) in [5, 5.41) is 0. The van der Waals surface area contributed by atoms with E-state index in [9.17, 15) is 17.2 Å². The van der Waals surface area contributed by atoms with Crippen LogP contribution in [0.15, 0.2) is 0 Å². The van der Waals surface area contributed by atoms with Gasteiger partial charge in [-0.2, -0.15) is 0 Å². The predicted molar refractivity (Wildman–Crippen MR) is 48.5 cm³/mol. The highest BCUT2D eigenvalue weighted by Crippen LogP contribution is 2.41. The minimum Gasteiger partial charge on any atom is -0.329 e. The third kappa shape index (κ3) is 3.47. The molecule has 84 valence electrons. The lowest BCUT2D eigenvalue weighted by atomic mass is 9.82. The molecule has 0 saturated heterocycles. The van der Waals surface area contributed by atoms with Crippen molar-refractivity contribution in [3.63, 3.8) is 0 Å². The first-order valence-electron chi connectivity index (χ1n) is 4.40. The maximum absolute atomic E-state index is 12.4. The highest BCUT2D eigenvalue weighted by molar-refractivity contribution is 7.89. The molecule has 0 aromatic rings. The van der Waals surface area contributed by atoms with E-state index in [0.29, 0.717) is 0 Å². The van der Waals surface area contributed by atoms with Crippen LogP contribution in [0.25, 0.3) is 0 Å². The number of hydrogen-bond donors (Lipinski definition) is 2. The largest absolute Gasteiger partial charge is 0.329 e. The first-order valence-corrected chi connectivity index (χ1v) is 6.05. The second kappa shape index (κ2) is 4.08. The molecule has 14 heavy (non-hydrogen) atoms. The van der Waals surface area contributed by atoms with E-state index in [2.05, 4.69) is 4.72 Å². The maximum atomic E-state index is 12.4. The van der Waals surface area contributed by atoms with E-state index in [4.69, 9.17) is 5.73 Å². The summed E-state index contributed by atoms with van der Waals surface area (Å²) in [5.74, 6) is -2.99. The van der Waals surface area contributed by atoms with Crippen LogP contribution in [0, 0.1) is 5.92 Å². The van der Waals surface area contributed by atoms with Crippen LogP contribution in [0.1, 0.15) is 12.8 Å². The Hall–Kier alpha value is -0.270. The molecule has 1 rings (SSSR count). The van der Waals surface area contributed by atoms with Crippen molar-refractivity contribution < 1.29 is 17.2 Å². The SMILES string of the molecule is NCCS(=O)(=O)NCC1CC(F)(F)C1. The molecule has 1 aliphatic rings. The first kappa shape index (κ1) is 11.8. The monoisotopic (exact) mass is 228 g/mol. The van der Waals surface area contributed by atoms with Crippen molar-refractivity contribution in [2.75, 3.05) is 18.8 Å². The Bertz CT molecular complexity index is 284. The molecule has 1 fully saturated rings. The summed E-state index contributed by atoms with van der Waals surface area (Å²) in [7, 11) is -3.36. The molecule has 0 radical (unpaired) electrons. The van der Waals surface area contributed by atoms with Crippen molar-refractivity contribution in [1.29, 1.82) is 0 Å². The Balaban J connectivity index is 2.23. The van der Waals surface area contributed by atoms with Gasteiger partial charge in [-0.25, -0.2) is 21.9 Å². The summed E-state index contributed by atoms with van der Waals surface area (Å²) in [6, 6.07) is 0. The van der Waals surface area contributed by atoms with Gasteiger partial charge in [0.1, 0.15) is 0 Å². The average molecular weight is 228 g/mol. The van der Waals surface area contributed by atoms with Crippen LogP contribution in [-0.4, -0.2) is 33.2 Å². The van der Waals surface area contributed by atoms with Crippen LogP contribution < -0.4 is 10.5 Å². The lowest BCUT2D eigenvalue weighted by Gasteiger charge is -2.34. The molecule has 0 heterocycles. The average Bonchev–Trinajstić information content (AvgIpc) is 1.96. The van der Waals surface area contributed by atoms with Crippen molar-refractivity contribution in [3.05, 3.63) is 0 Å². The second-order valence-corrected chi connectivity index (χ2v) is 5.51. The van der Waals surface area contributed by atoms with Crippen molar-refractivity contribution in [2.45, 2.75) is 18.8 Å². The lowest BCUT2D eigenvalue weighted by Crippen LogP contribution is -2.43. The van der Waals surface area contributed by atoms with E-state index < -0.39 is 15.9 Å². The molecule has 7 heteroatoms. The Morgan fingerprint density at radius 2 is 2.00 bits per heavy atom. The van der Waals surface area contributed by atoms with Gasteiger partial charge >= 0.3 is 0 Å². The molecular weight excluding hydrogens is 214 g/mol. The molecule has 1 aliphatic carbocycles. The van der Waals surface area contributed by atoms with E-state index in [1.54, 1.807) is 0 Å². The number of hydrogen-bond acceptors (Lipinski definition) is 3. The molecule has 0 aromatic heterocycles. The molecule has 0 atom stereocenters. The smallest absolute Gasteiger partial charge is 0.248 e. The summed E-state index contributed by atoms with van der Waals surface area (Å²) < 4.78 is 49.1. The molecule has 0 aromatic carbocycles. The summed E-state index contributed by atoms with van der Waals surface area (Å²) in [6.45, 7) is 0.133. The normalized spacial score (nSPS) is 21.9. The van der Waals surface area contributed by atoms with Gasteiger partial charge in [0.2, 0.25) is 15.9 Å². The molecule has 0 aliphatic heterocycles. The summed E-state index contributed by atoms with van der Waals surface area (Å²) >= 11 is 0. The van der Waals surface area contributed by atoms with E-state index >= 15 is 0 Å². The summed E-state index contributed by atoms with van der Waals surface area (Å²) in [5.41, 5.74) is 5.07. The standard InChI is InChI=1S/C7H14F2N2O2S/c8-7(9)3-6(4-7)5-11-14(12,13)2-1-10/h6,11H,1-5,10H2. The molecular formula is C7H14F2N2O2S. The fraction of sp³-hybridized carbons (Fsp3) is 1.00. The van der Waals surface area contributed by atoms with Gasteiger partial charge in [0, 0.05) is 25.9 Å². The van der Waals surface area contributed by atoms with Gasteiger partial charge in [0.15, 0.2) is 0 Å². The van der Waals surface area contributed by atoms with E-state index in [1.807, 2.05) is 0 Å². The number of sulfonamides is 1. The molecule has 0 spiro atoms. The third-order valence-corrected chi connectivity index (χ3v) is 3.53. The fourth-order valence-corrected chi connectivity index (χ4v) is 2.35. The number of nitrogens with one attached hydrogen (secondary N) is 1. The van der Waals surface area contributed by atoms with Crippen LogP contribution in [0.2, 0.25) is 0 Å².